The Kier molecular flexibility index (Phi) is 9.63. The third kappa shape index (κ3) is 6.93. The number of nitrogens with zero attached hydrogens (tertiary/aromatic N) is 3. The number of aromatic nitrogens is 2. The van der Waals surface area contributed by atoms with Crippen molar-refractivity contribution in [1.82, 2.24) is 14.9 Å². The van der Waals surface area contributed by atoms with Crippen LogP contribution in [-0.2, 0) is 4.79 Å². The zero-order valence-corrected chi connectivity index (χ0v) is 21.1. The molecule has 1 amide bonds. The Morgan fingerprint density at radius 2 is 1.89 bits per heavy atom. The number of carbonyl (C=O) groups excluding carboxylic acids is 1. The molecule has 0 aliphatic heterocycles. The zero-order valence-electron chi connectivity index (χ0n) is 20.4. The van der Waals surface area contributed by atoms with Gasteiger partial charge in [0.25, 0.3) is 0 Å². The lowest BCUT2D eigenvalue weighted by molar-refractivity contribution is -0.133. The first-order valence-electron chi connectivity index (χ1n) is 11.6. The lowest BCUT2D eigenvalue weighted by Crippen LogP contribution is -2.34. The van der Waals surface area contributed by atoms with Crippen LogP contribution < -0.4 is 14.8 Å². The van der Waals surface area contributed by atoms with Crippen LogP contribution in [0.4, 0.5) is 15.9 Å². The summed E-state index contributed by atoms with van der Waals surface area (Å²) < 4.78 is 24.7. The second-order valence-corrected chi connectivity index (χ2v) is 8.53. The third-order valence-electron chi connectivity index (χ3n) is 5.60. The van der Waals surface area contributed by atoms with Crippen LogP contribution in [0.15, 0.2) is 36.7 Å². The Labute approximate surface area is 213 Å². The molecular formula is C25H30ClFN4O5. The lowest BCUT2D eigenvalue weighted by atomic mass is 10.1. The number of benzene rings is 2. The van der Waals surface area contributed by atoms with E-state index in [1.54, 1.807) is 17.0 Å². The minimum atomic E-state index is -1.02. The van der Waals surface area contributed by atoms with Crippen molar-refractivity contribution in [3.8, 4) is 11.5 Å². The number of anilines is 2. The molecule has 0 radical (unpaired) electrons. The summed E-state index contributed by atoms with van der Waals surface area (Å²) in [5, 5.41) is 24.3. The maximum Gasteiger partial charge on any atom is 0.225 e. The molecule has 11 heteroatoms. The highest BCUT2D eigenvalue weighted by molar-refractivity contribution is 6.31. The van der Waals surface area contributed by atoms with Crippen molar-refractivity contribution in [3.05, 3.63) is 47.5 Å². The minimum Gasteiger partial charge on any atom is -0.493 e. The van der Waals surface area contributed by atoms with Crippen LogP contribution in [0.25, 0.3) is 10.9 Å². The molecule has 9 nitrogen and oxygen atoms in total. The van der Waals surface area contributed by atoms with Crippen LogP contribution in [0.2, 0.25) is 5.02 Å². The third-order valence-corrected chi connectivity index (χ3v) is 5.89. The van der Waals surface area contributed by atoms with Crippen LogP contribution >= 0.6 is 11.6 Å². The predicted molar refractivity (Wildman–Crippen MR) is 135 cm³/mol. The van der Waals surface area contributed by atoms with Gasteiger partial charge in [-0.3, -0.25) is 4.79 Å². The number of nitrogens with one attached hydrogen (secondary N) is 1. The molecular weight excluding hydrogens is 491 g/mol. The molecule has 194 valence electrons. The summed E-state index contributed by atoms with van der Waals surface area (Å²) in [6, 6.07) is 7.55. The molecule has 0 aliphatic carbocycles. The quantitative estimate of drug-likeness (QED) is 0.329. The van der Waals surface area contributed by atoms with E-state index in [-0.39, 0.29) is 30.4 Å². The highest BCUT2D eigenvalue weighted by Crippen LogP contribution is 2.35. The van der Waals surface area contributed by atoms with E-state index >= 15 is 0 Å². The topological polar surface area (TPSA) is 117 Å². The second-order valence-electron chi connectivity index (χ2n) is 8.12. The van der Waals surface area contributed by atoms with Gasteiger partial charge in [-0.2, -0.15) is 0 Å². The van der Waals surface area contributed by atoms with Crippen molar-refractivity contribution in [2.75, 3.05) is 32.1 Å². The van der Waals surface area contributed by atoms with E-state index < -0.39 is 18.0 Å². The summed E-state index contributed by atoms with van der Waals surface area (Å²) in [6.07, 6.45) is -0.736. The molecule has 0 fully saturated rings. The molecule has 0 bridgehead atoms. The minimum absolute atomic E-state index is 0.0237. The van der Waals surface area contributed by atoms with E-state index in [2.05, 4.69) is 15.3 Å². The summed E-state index contributed by atoms with van der Waals surface area (Å²) in [6.45, 7) is 4.72. The van der Waals surface area contributed by atoms with E-state index in [0.717, 1.165) is 0 Å². The molecule has 3 N–H and O–H groups in total. The summed E-state index contributed by atoms with van der Waals surface area (Å²) in [7, 11) is 1.48. The van der Waals surface area contributed by atoms with Gasteiger partial charge in [-0.05, 0) is 38.1 Å². The van der Waals surface area contributed by atoms with Crippen molar-refractivity contribution in [1.29, 1.82) is 0 Å². The normalized spacial score (nSPS) is 12.8. The molecule has 0 saturated heterocycles. The number of hydrogen-bond donors (Lipinski definition) is 3. The molecule has 2 atom stereocenters. The van der Waals surface area contributed by atoms with Gasteiger partial charge in [0.1, 0.15) is 24.6 Å². The first-order valence-corrected chi connectivity index (χ1v) is 11.9. The smallest absolute Gasteiger partial charge is 0.225 e. The van der Waals surface area contributed by atoms with Gasteiger partial charge in [-0.25, -0.2) is 14.4 Å². The van der Waals surface area contributed by atoms with Crippen LogP contribution in [0.1, 0.15) is 26.7 Å². The fourth-order valence-corrected chi connectivity index (χ4v) is 3.89. The van der Waals surface area contributed by atoms with Crippen molar-refractivity contribution in [2.45, 2.75) is 38.9 Å². The van der Waals surface area contributed by atoms with Gasteiger partial charge in [-0.15, -0.1) is 0 Å². The average Bonchev–Trinajstić information content (AvgIpc) is 2.85. The highest BCUT2D eigenvalue weighted by atomic mass is 35.5. The molecule has 3 aromatic rings. The molecule has 36 heavy (non-hydrogen) atoms. The molecule has 0 spiro atoms. The molecule has 3 rings (SSSR count). The fourth-order valence-electron chi connectivity index (χ4n) is 3.70. The average molecular weight is 521 g/mol. The number of carbonyl (C=O) groups is 1. The maximum absolute atomic E-state index is 13.5. The Balaban J connectivity index is 1.73. The van der Waals surface area contributed by atoms with Gasteiger partial charge in [0, 0.05) is 36.7 Å². The standard InChI is InChI=1S/C25H30ClFN4O5/c1-4-31(5-2)24(34)10-16(32)9-17(33)13-36-23-11-18-21(12-22(23)35-3)28-14-29-25(18)30-15-6-7-20(27)19(26)8-15/h6-8,11-12,14,16-17,32-33H,4-5,9-10,13H2,1-3H3,(H,28,29,30). The lowest BCUT2D eigenvalue weighted by Gasteiger charge is -2.22. The van der Waals surface area contributed by atoms with Crippen molar-refractivity contribution in [3.63, 3.8) is 0 Å². The molecule has 1 heterocycles. The van der Waals surface area contributed by atoms with Gasteiger partial charge in [-0.1, -0.05) is 11.6 Å². The maximum atomic E-state index is 13.5. The molecule has 2 unspecified atom stereocenters. The molecule has 0 saturated carbocycles. The molecule has 1 aromatic heterocycles. The molecule has 2 aromatic carbocycles. The summed E-state index contributed by atoms with van der Waals surface area (Å²) in [5.41, 5.74) is 1.10. The first-order chi connectivity index (χ1) is 17.2. The number of aliphatic hydroxyl groups excluding tert-OH is 2. The zero-order chi connectivity index (χ0) is 26.2. The Morgan fingerprint density at radius 3 is 2.56 bits per heavy atom. The number of hydrogen-bond acceptors (Lipinski definition) is 8. The monoisotopic (exact) mass is 520 g/mol. The second kappa shape index (κ2) is 12.7. The van der Waals surface area contributed by atoms with E-state index in [4.69, 9.17) is 21.1 Å². The van der Waals surface area contributed by atoms with Crippen LogP contribution in [-0.4, -0.2) is 70.0 Å². The van der Waals surface area contributed by atoms with Crippen molar-refractivity contribution >= 4 is 39.9 Å². The number of halogens is 2. The van der Waals surface area contributed by atoms with Crippen molar-refractivity contribution in [2.24, 2.45) is 0 Å². The summed E-state index contributed by atoms with van der Waals surface area (Å²) in [4.78, 5) is 22.3. The SMILES string of the molecule is CCN(CC)C(=O)CC(O)CC(O)COc1cc2c(Nc3ccc(F)c(Cl)c3)ncnc2cc1OC. The highest BCUT2D eigenvalue weighted by Gasteiger charge is 2.20. The van der Waals surface area contributed by atoms with Crippen LogP contribution in [0, 0.1) is 5.82 Å². The number of amides is 1. The Bertz CT molecular complexity index is 1190. The van der Waals surface area contributed by atoms with Gasteiger partial charge in [0.15, 0.2) is 11.5 Å². The Morgan fingerprint density at radius 1 is 1.14 bits per heavy atom. The van der Waals surface area contributed by atoms with E-state index in [9.17, 15) is 19.4 Å². The first kappa shape index (κ1) is 27.4. The number of aliphatic hydroxyl groups is 2. The summed E-state index contributed by atoms with van der Waals surface area (Å²) >= 11 is 5.88. The number of ether oxygens (including phenoxy) is 2. The number of fused-ring (bicyclic) bond motifs is 1. The van der Waals surface area contributed by atoms with Crippen LogP contribution in [0.3, 0.4) is 0 Å². The van der Waals surface area contributed by atoms with E-state index in [1.165, 1.54) is 31.6 Å². The van der Waals surface area contributed by atoms with Gasteiger partial charge < -0.3 is 29.9 Å². The largest absolute Gasteiger partial charge is 0.493 e. The van der Waals surface area contributed by atoms with Crippen molar-refractivity contribution < 1.29 is 28.9 Å². The number of rotatable bonds is 12. The van der Waals surface area contributed by atoms with Crippen LogP contribution in [0.5, 0.6) is 11.5 Å². The van der Waals surface area contributed by atoms with Gasteiger partial charge in [0.2, 0.25) is 5.91 Å². The molecule has 0 aliphatic rings. The summed E-state index contributed by atoms with van der Waals surface area (Å²) in [5.74, 6) is 0.450. The Hall–Kier alpha value is -3.21. The van der Waals surface area contributed by atoms with E-state index in [1.807, 2.05) is 13.8 Å². The fraction of sp³-hybridized carbons (Fsp3) is 0.400. The van der Waals surface area contributed by atoms with Gasteiger partial charge in [0.05, 0.1) is 36.3 Å². The van der Waals surface area contributed by atoms with E-state index in [0.29, 0.717) is 47.0 Å². The van der Waals surface area contributed by atoms with Gasteiger partial charge >= 0.3 is 0 Å². The number of methoxy groups -OCH3 is 1. The predicted octanol–water partition coefficient (Wildman–Crippen LogP) is 3.92.